The highest BCUT2D eigenvalue weighted by Crippen LogP contribution is 2.29. The van der Waals surface area contributed by atoms with Gasteiger partial charge in [0.2, 0.25) is 5.91 Å². The Morgan fingerprint density at radius 3 is 2.81 bits per heavy atom. The van der Waals surface area contributed by atoms with Gasteiger partial charge in [0.25, 0.3) is 0 Å². The van der Waals surface area contributed by atoms with E-state index in [9.17, 15) is 14.4 Å². The SMILES string of the molecule is CCOC(=O)c1cccc(C2CCN(C(=O)O)C(=O)C2)c1. The van der Waals surface area contributed by atoms with Crippen LogP contribution in [0.4, 0.5) is 4.79 Å². The maximum atomic E-state index is 11.8. The molecule has 0 spiro atoms. The van der Waals surface area contributed by atoms with E-state index in [0.29, 0.717) is 18.6 Å². The summed E-state index contributed by atoms with van der Waals surface area (Å²) in [5.74, 6) is -0.864. The number of carboxylic acid groups (broad SMARTS) is 1. The number of likely N-dealkylation sites (tertiary alicyclic amines) is 1. The van der Waals surface area contributed by atoms with Gasteiger partial charge in [-0.1, -0.05) is 12.1 Å². The zero-order chi connectivity index (χ0) is 15.4. The lowest BCUT2D eigenvalue weighted by Crippen LogP contribution is -2.41. The molecule has 2 rings (SSSR count). The van der Waals surface area contributed by atoms with Crippen molar-refractivity contribution in [3.8, 4) is 0 Å². The number of piperidine rings is 1. The zero-order valence-corrected chi connectivity index (χ0v) is 11.7. The van der Waals surface area contributed by atoms with Gasteiger partial charge in [-0.3, -0.25) is 4.79 Å². The highest BCUT2D eigenvalue weighted by molar-refractivity contribution is 5.92. The van der Waals surface area contributed by atoms with E-state index in [4.69, 9.17) is 9.84 Å². The number of amides is 2. The maximum Gasteiger partial charge on any atom is 0.414 e. The Morgan fingerprint density at radius 2 is 2.19 bits per heavy atom. The normalized spacial score (nSPS) is 18.4. The molecule has 1 unspecified atom stereocenters. The van der Waals surface area contributed by atoms with E-state index in [-0.39, 0.29) is 18.9 Å². The van der Waals surface area contributed by atoms with E-state index in [1.54, 1.807) is 25.1 Å². The average molecular weight is 291 g/mol. The summed E-state index contributed by atoms with van der Waals surface area (Å²) in [5, 5.41) is 8.89. The maximum absolute atomic E-state index is 11.8. The predicted octanol–water partition coefficient (Wildman–Crippen LogP) is 2.25. The molecule has 112 valence electrons. The van der Waals surface area contributed by atoms with Crippen molar-refractivity contribution in [3.05, 3.63) is 35.4 Å². The van der Waals surface area contributed by atoms with Crippen LogP contribution in [0.1, 0.15) is 41.6 Å². The lowest BCUT2D eigenvalue weighted by Gasteiger charge is -2.28. The van der Waals surface area contributed by atoms with Crippen molar-refractivity contribution in [2.45, 2.75) is 25.7 Å². The summed E-state index contributed by atoms with van der Waals surface area (Å²) >= 11 is 0. The second kappa shape index (κ2) is 6.39. The van der Waals surface area contributed by atoms with Gasteiger partial charge in [0, 0.05) is 13.0 Å². The first-order chi connectivity index (χ1) is 10.0. The molecule has 1 aliphatic rings. The van der Waals surface area contributed by atoms with Crippen LogP contribution in [0.3, 0.4) is 0 Å². The van der Waals surface area contributed by atoms with Crippen LogP contribution in [0.5, 0.6) is 0 Å². The number of hydrogen-bond donors (Lipinski definition) is 1. The van der Waals surface area contributed by atoms with Gasteiger partial charge in [-0.15, -0.1) is 0 Å². The van der Waals surface area contributed by atoms with Crippen LogP contribution in [-0.2, 0) is 9.53 Å². The largest absolute Gasteiger partial charge is 0.465 e. The fourth-order valence-electron chi connectivity index (χ4n) is 2.45. The molecule has 1 aliphatic heterocycles. The molecule has 1 saturated heterocycles. The van der Waals surface area contributed by atoms with Crippen LogP contribution in [0, 0.1) is 0 Å². The Hall–Kier alpha value is -2.37. The molecule has 0 aliphatic carbocycles. The third kappa shape index (κ3) is 3.39. The van der Waals surface area contributed by atoms with Crippen molar-refractivity contribution < 1.29 is 24.2 Å². The smallest absolute Gasteiger partial charge is 0.414 e. The molecule has 6 nitrogen and oxygen atoms in total. The Kier molecular flexibility index (Phi) is 4.57. The molecule has 6 heteroatoms. The summed E-state index contributed by atoms with van der Waals surface area (Å²) < 4.78 is 4.95. The quantitative estimate of drug-likeness (QED) is 0.863. The molecular formula is C15H17NO5. The van der Waals surface area contributed by atoms with E-state index >= 15 is 0 Å². The third-order valence-electron chi connectivity index (χ3n) is 3.52. The van der Waals surface area contributed by atoms with Gasteiger partial charge in [-0.05, 0) is 37.0 Å². The third-order valence-corrected chi connectivity index (χ3v) is 3.52. The van der Waals surface area contributed by atoms with Crippen LogP contribution in [0.2, 0.25) is 0 Å². The highest BCUT2D eigenvalue weighted by atomic mass is 16.5. The summed E-state index contributed by atoms with van der Waals surface area (Å²) in [6.07, 6.45) is -0.512. The summed E-state index contributed by atoms with van der Waals surface area (Å²) in [7, 11) is 0. The van der Waals surface area contributed by atoms with Gasteiger partial charge in [0.05, 0.1) is 12.2 Å². The summed E-state index contributed by atoms with van der Waals surface area (Å²) in [6, 6.07) is 6.97. The van der Waals surface area contributed by atoms with Crippen molar-refractivity contribution in [3.63, 3.8) is 0 Å². The highest BCUT2D eigenvalue weighted by Gasteiger charge is 2.30. The summed E-state index contributed by atoms with van der Waals surface area (Å²) in [5.41, 5.74) is 1.31. The van der Waals surface area contributed by atoms with Gasteiger partial charge in [0.15, 0.2) is 0 Å². The van der Waals surface area contributed by atoms with Crippen molar-refractivity contribution >= 4 is 18.0 Å². The second-order valence-corrected chi connectivity index (χ2v) is 4.86. The number of carbonyl (C=O) groups is 3. The van der Waals surface area contributed by atoms with Crippen molar-refractivity contribution in [2.24, 2.45) is 0 Å². The van der Waals surface area contributed by atoms with E-state index < -0.39 is 18.0 Å². The van der Waals surface area contributed by atoms with Crippen molar-refractivity contribution in [1.29, 1.82) is 0 Å². The molecule has 0 radical (unpaired) electrons. The van der Waals surface area contributed by atoms with Crippen LogP contribution in [0.25, 0.3) is 0 Å². The summed E-state index contributed by atoms with van der Waals surface area (Å²) in [4.78, 5) is 35.2. The van der Waals surface area contributed by atoms with Crippen LogP contribution < -0.4 is 0 Å². The van der Waals surface area contributed by atoms with Crippen LogP contribution in [-0.4, -0.2) is 41.1 Å². The molecule has 0 aromatic heterocycles. The van der Waals surface area contributed by atoms with Gasteiger partial charge in [0.1, 0.15) is 0 Å². The predicted molar refractivity (Wildman–Crippen MR) is 74.1 cm³/mol. The Bertz CT molecular complexity index is 569. The molecule has 2 amide bonds. The Labute approximate surface area is 122 Å². The second-order valence-electron chi connectivity index (χ2n) is 4.86. The monoisotopic (exact) mass is 291 g/mol. The van der Waals surface area contributed by atoms with Gasteiger partial charge in [-0.2, -0.15) is 0 Å². The lowest BCUT2D eigenvalue weighted by molar-refractivity contribution is -0.131. The van der Waals surface area contributed by atoms with Crippen LogP contribution in [0.15, 0.2) is 24.3 Å². The van der Waals surface area contributed by atoms with E-state index in [2.05, 4.69) is 0 Å². The molecule has 1 N–H and O–H groups in total. The van der Waals surface area contributed by atoms with E-state index in [0.717, 1.165) is 10.5 Å². The topological polar surface area (TPSA) is 83.9 Å². The number of carbonyl (C=O) groups excluding carboxylic acids is 2. The molecule has 0 bridgehead atoms. The van der Waals surface area contributed by atoms with E-state index in [1.807, 2.05) is 6.07 Å². The minimum Gasteiger partial charge on any atom is -0.465 e. The van der Waals surface area contributed by atoms with Crippen molar-refractivity contribution in [1.82, 2.24) is 4.90 Å². The molecule has 1 fully saturated rings. The molecule has 21 heavy (non-hydrogen) atoms. The number of imide groups is 1. The molecule has 1 atom stereocenters. The molecule has 0 saturated carbocycles. The molecular weight excluding hydrogens is 274 g/mol. The lowest BCUT2D eigenvalue weighted by atomic mass is 9.88. The number of nitrogens with zero attached hydrogens (tertiary/aromatic N) is 1. The number of benzene rings is 1. The molecule has 1 aromatic rings. The first kappa shape index (κ1) is 15.0. The minimum atomic E-state index is -1.21. The zero-order valence-electron chi connectivity index (χ0n) is 11.7. The fraction of sp³-hybridized carbons (Fsp3) is 0.400. The minimum absolute atomic E-state index is 0.0672. The summed E-state index contributed by atoms with van der Waals surface area (Å²) in [6.45, 7) is 2.23. The fourth-order valence-corrected chi connectivity index (χ4v) is 2.45. The first-order valence-electron chi connectivity index (χ1n) is 6.83. The number of ether oxygens (including phenoxy) is 1. The van der Waals surface area contributed by atoms with Crippen LogP contribution >= 0.6 is 0 Å². The molecule has 1 heterocycles. The van der Waals surface area contributed by atoms with E-state index in [1.165, 1.54) is 0 Å². The van der Waals surface area contributed by atoms with Crippen molar-refractivity contribution in [2.75, 3.05) is 13.2 Å². The Balaban J connectivity index is 2.13. The first-order valence-corrected chi connectivity index (χ1v) is 6.83. The number of hydrogen-bond acceptors (Lipinski definition) is 4. The standard InChI is InChI=1S/C15H17NO5/c1-2-21-14(18)12-5-3-4-10(8-12)11-6-7-16(15(19)20)13(17)9-11/h3-5,8,11H,2,6-7,9H2,1H3,(H,19,20). The average Bonchev–Trinajstić information content (AvgIpc) is 2.47. The number of rotatable bonds is 3. The van der Waals surface area contributed by atoms with Gasteiger partial charge in [-0.25, -0.2) is 14.5 Å². The van der Waals surface area contributed by atoms with Gasteiger partial charge < -0.3 is 9.84 Å². The Morgan fingerprint density at radius 1 is 1.43 bits per heavy atom. The number of esters is 1. The van der Waals surface area contributed by atoms with Gasteiger partial charge >= 0.3 is 12.1 Å². The molecule has 1 aromatic carbocycles.